The molecule has 1 aromatic rings. The number of esters is 1. The number of aromatic nitrogens is 1. The van der Waals surface area contributed by atoms with Crippen LogP contribution in [0.4, 0.5) is 4.79 Å². The third kappa shape index (κ3) is 6.41. The van der Waals surface area contributed by atoms with Crippen LogP contribution in [0.1, 0.15) is 67.3 Å². The van der Waals surface area contributed by atoms with E-state index >= 15 is 0 Å². The Morgan fingerprint density at radius 2 is 1.94 bits per heavy atom. The molecule has 9 nitrogen and oxygen atoms in total. The Labute approximate surface area is 193 Å². The molecular weight excluding hydrogens is 432 g/mol. The lowest BCUT2D eigenvalue weighted by Gasteiger charge is -2.36. The molecule has 1 unspecified atom stereocenters. The molecule has 2 amide bonds. The van der Waals surface area contributed by atoms with Crippen molar-refractivity contribution < 1.29 is 23.9 Å². The number of likely N-dealkylation sites (N-methyl/N-ethyl adjacent to an activating group) is 1. The van der Waals surface area contributed by atoms with E-state index < -0.39 is 17.7 Å². The lowest BCUT2D eigenvalue weighted by molar-refractivity contribution is -0.149. The number of rotatable bonds is 5. The summed E-state index contributed by atoms with van der Waals surface area (Å²) < 4.78 is 10.6. The van der Waals surface area contributed by atoms with Crippen LogP contribution in [-0.2, 0) is 27.2 Å². The number of fused-ring (bicyclic) bond motifs is 1. The Hall–Kier alpha value is -2.20. The molecule has 10 heteroatoms. The molecule has 0 aromatic carbocycles. The van der Waals surface area contributed by atoms with Crippen molar-refractivity contribution in [2.45, 2.75) is 77.6 Å². The van der Waals surface area contributed by atoms with Crippen LogP contribution in [0.25, 0.3) is 0 Å². The number of thiazole rings is 1. The fourth-order valence-electron chi connectivity index (χ4n) is 4.09. The van der Waals surface area contributed by atoms with Crippen molar-refractivity contribution in [3.63, 3.8) is 0 Å². The van der Waals surface area contributed by atoms with Gasteiger partial charge in [-0.05, 0) is 54.0 Å². The highest BCUT2D eigenvalue weighted by molar-refractivity contribution is 7.13. The van der Waals surface area contributed by atoms with Gasteiger partial charge in [-0.25, -0.2) is 9.78 Å². The van der Waals surface area contributed by atoms with Crippen molar-refractivity contribution in [1.29, 1.82) is 0 Å². The molecule has 1 aliphatic carbocycles. The summed E-state index contributed by atoms with van der Waals surface area (Å²) in [5.74, 6) is -0.849. The monoisotopic (exact) mass is 466 g/mol. The fourth-order valence-corrected chi connectivity index (χ4v) is 5.18. The summed E-state index contributed by atoms with van der Waals surface area (Å²) in [6.07, 6.45) is 1.77. The van der Waals surface area contributed by atoms with E-state index in [9.17, 15) is 14.4 Å². The molecule has 178 valence electrons. The number of hydrogen-bond acceptors (Lipinski definition) is 8. The smallest absolute Gasteiger partial charge is 0.407 e. The molecule has 3 rings (SSSR count). The minimum atomic E-state index is -0.648. The molecule has 2 heterocycles. The number of alkyl carbamates (subject to hydrolysis) is 1. The van der Waals surface area contributed by atoms with Crippen molar-refractivity contribution in [3.8, 4) is 0 Å². The Balaban J connectivity index is 1.70. The summed E-state index contributed by atoms with van der Waals surface area (Å²) in [6.45, 7) is 9.17. The molecule has 1 aromatic heterocycles. The van der Waals surface area contributed by atoms with E-state index in [1.54, 1.807) is 27.7 Å². The van der Waals surface area contributed by atoms with Gasteiger partial charge in [0.05, 0.1) is 24.3 Å². The average Bonchev–Trinajstić information content (AvgIpc) is 3.11. The van der Waals surface area contributed by atoms with Gasteiger partial charge in [-0.1, -0.05) is 0 Å². The molecular formula is C22H34N4O5S. The molecule has 1 saturated carbocycles. The van der Waals surface area contributed by atoms with E-state index in [1.807, 2.05) is 0 Å². The van der Waals surface area contributed by atoms with Crippen LogP contribution >= 0.6 is 11.3 Å². The van der Waals surface area contributed by atoms with Crippen LogP contribution in [-0.4, -0.2) is 65.7 Å². The lowest BCUT2D eigenvalue weighted by atomic mass is 9.82. The van der Waals surface area contributed by atoms with Gasteiger partial charge in [-0.2, -0.15) is 0 Å². The van der Waals surface area contributed by atoms with E-state index in [0.717, 1.165) is 30.1 Å². The van der Waals surface area contributed by atoms with E-state index in [1.165, 1.54) is 11.3 Å². The number of carbonyl (C=O) groups excluding carboxylic acids is 3. The maximum absolute atomic E-state index is 13.0. The molecule has 2 N–H and O–H groups in total. The first-order chi connectivity index (χ1) is 15.1. The highest BCUT2D eigenvalue weighted by atomic mass is 32.1. The van der Waals surface area contributed by atoms with Crippen molar-refractivity contribution >= 4 is 29.3 Å². The molecule has 1 aliphatic heterocycles. The summed E-state index contributed by atoms with van der Waals surface area (Å²) in [7, 11) is 2.05. The quantitative estimate of drug-likeness (QED) is 0.642. The van der Waals surface area contributed by atoms with Gasteiger partial charge in [0.1, 0.15) is 5.60 Å². The van der Waals surface area contributed by atoms with Gasteiger partial charge in [0.2, 0.25) is 0 Å². The van der Waals surface area contributed by atoms with Crippen molar-refractivity contribution in [2.24, 2.45) is 5.92 Å². The minimum Gasteiger partial charge on any atom is -0.466 e. The normalized spacial score (nSPS) is 23.7. The zero-order chi connectivity index (χ0) is 23.5. The van der Waals surface area contributed by atoms with E-state index in [2.05, 4.69) is 27.6 Å². The van der Waals surface area contributed by atoms with Crippen LogP contribution < -0.4 is 10.6 Å². The van der Waals surface area contributed by atoms with Crippen LogP contribution in [0, 0.1) is 5.92 Å². The van der Waals surface area contributed by atoms with E-state index in [-0.39, 0.29) is 23.8 Å². The number of carbonyl (C=O) groups is 3. The standard InChI is InChI=1S/C22H34N4O5S/c1-6-30-20(28)13-7-8-14(16(11-13)25-21(29)31-22(2,3)4)23-18(27)19-24-15-9-10-26(5)12-17(15)32-19/h13-14,16H,6-12H2,1-5H3,(H,23,27)(H,25,29)/t13-,14-,16?/m1/s1. The van der Waals surface area contributed by atoms with Crippen LogP contribution in [0.3, 0.4) is 0 Å². The Bertz CT molecular complexity index is 850. The van der Waals surface area contributed by atoms with Gasteiger partial charge in [-0.3, -0.25) is 9.59 Å². The predicted molar refractivity (Wildman–Crippen MR) is 121 cm³/mol. The summed E-state index contributed by atoms with van der Waals surface area (Å²) in [4.78, 5) is 45.6. The Kier molecular flexibility index (Phi) is 7.76. The van der Waals surface area contributed by atoms with Gasteiger partial charge in [0.15, 0.2) is 5.01 Å². The van der Waals surface area contributed by atoms with Crippen LogP contribution in [0.5, 0.6) is 0 Å². The molecule has 1 fully saturated rings. The summed E-state index contributed by atoms with van der Waals surface area (Å²) >= 11 is 1.42. The second-order valence-electron chi connectivity index (χ2n) is 9.47. The maximum Gasteiger partial charge on any atom is 0.407 e. The third-order valence-electron chi connectivity index (χ3n) is 5.61. The number of nitrogens with zero attached hydrogens (tertiary/aromatic N) is 2. The second kappa shape index (κ2) is 10.2. The van der Waals surface area contributed by atoms with Gasteiger partial charge >= 0.3 is 12.1 Å². The molecule has 0 saturated heterocycles. The molecule has 0 bridgehead atoms. The number of hydrogen-bond donors (Lipinski definition) is 2. The van der Waals surface area contributed by atoms with Gasteiger partial charge in [0, 0.05) is 30.4 Å². The third-order valence-corrected chi connectivity index (χ3v) is 6.69. The molecule has 0 spiro atoms. The highest BCUT2D eigenvalue weighted by Gasteiger charge is 2.37. The summed E-state index contributed by atoms with van der Waals surface area (Å²) in [6, 6.07) is -0.776. The summed E-state index contributed by atoms with van der Waals surface area (Å²) in [5, 5.41) is 6.33. The predicted octanol–water partition coefficient (Wildman–Crippen LogP) is 2.49. The topological polar surface area (TPSA) is 110 Å². The largest absolute Gasteiger partial charge is 0.466 e. The molecule has 0 radical (unpaired) electrons. The van der Waals surface area contributed by atoms with Crippen molar-refractivity contribution in [2.75, 3.05) is 20.2 Å². The number of ether oxygens (including phenoxy) is 2. The van der Waals surface area contributed by atoms with E-state index in [0.29, 0.717) is 30.9 Å². The first-order valence-electron chi connectivity index (χ1n) is 11.2. The second-order valence-corrected chi connectivity index (χ2v) is 10.6. The van der Waals surface area contributed by atoms with Gasteiger partial charge < -0.3 is 25.0 Å². The SMILES string of the molecule is CCOC(=O)[C@@H]1CC[C@@H](NC(=O)c2nc3c(s2)CN(C)CC3)C(NC(=O)OC(C)(C)C)C1. The fraction of sp³-hybridized carbons (Fsp3) is 0.727. The van der Waals surface area contributed by atoms with Gasteiger partial charge in [0.25, 0.3) is 5.91 Å². The lowest BCUT2D eigenvalue weighted by Crippen LogP contribution is -2.56. The first-order valence-corrected chi connectivity index (χ1v) is 12.0. The minimum absolute atomic E-state index is 0.248. The van der Waals surface area contributed by atoms with Crippen molar-refractivity contribution in [1.82, 2.24) is 20.5 Å². The van der Waals surface area contributed by atoms with Crippen molar-refractivity contribution in [3.05, 3.63) is 15.6 Å². The molecule has 2 aliphatic rings. The maximum atomic E-state index is 13.0. The molecule has 3 atom stereocenters. The summed E-state index contributed by atoms with van der Waals surface area (Å²) in [5.41, 5.74) is 0.346. The number of nitrogens with one attached hydrogen (secondary N) is 2. The van der Waals surface area contributed by atoms with Gasteiger partial charge in [-0.15, -0.1) is 11.3 Å². The number of amides is 2. The Morgan fingerprint density at radius 1 is 1.19 bits per heavy atom. The van der Waals surface area contributed by atoms with Crippen LogP contribution in [0.2, 0.25) is 0 Å². The zero-order valence-electron chi connectivity index (χ0n) is 19.5. The average molecular weight is 467 g/mol. The first kappa shape index (κ1) is 24.4. The molecule has 32 heavy (non-hydrogen) atoms. The highest BCUT2D eigenvalue weighted by Crippen LogP contribution is 2.28. The Morgan fingerprint density at radius 3 is 2.62 bits per heavy atom. The van der Waals surface area contributed by atoms with E-state index in [4.69, 9.17) is 9.47 Å². The zero-order valence-corrected chi connectivity index (χ0v) is 20.3. The van der Waals surface area contributed by atoms with Crippen LogP contribution in [0.15, 0.2) is 0 Å².